The molecule has 1 aliphatic heterocycles. The maximum absolute atomic E-state index is 12.0. The van der Waals surface area contributed by atoms with Crippen LogP contribution in [0.5, 0.6) is 0 Å². The number of carbonyl (C=O) groups is 1. The van der Waals surface area contributed by atoms with E-state index >= 15 is 0 Å². The number of nitrogens with zero attached hydrogens (tertiary/aromatic N) is 2. The number of nitrogens with one attached hydrogen (secondary N) is 2. The standard InChI is InChI=1S/C15H23BrN4O/c1-19(10-11-20-8-6-17-7-9-20)12-15(21)18-14-4-2-13(16)3-5-14/h2-5,17H,6-12H2,1H3,(H,18,21). The van der Waals surface area contributed by atoms with E-state index < -0.39 is 0 Å². The van der Waals surface area contributed by atoms with Gasteiger partial charge in [0.1, 0.15) is 0 Å². The molecular weight excluding hydrogens is 332 g/mol. The zero-order valence-corrected chi connectivity index (χ0v) is 14.0. The third-order valence-corrected chi connectivity index (χ3v) is 4.08. The third kappa shape index (κ3) is 6.13. The van der Waals surface area contributed by atoms with Crippen LogP contribution in [0, 0.1) is 0 Å². The average Bonchev–Trinajstić information content (AvgIpc) is 2.48. The molecule has 0 radical (unpaired) electrons. The number of benzene rings is 1. The number of likely N-dealkylation sites (N-methyl/N-ethyl adjacent to an activating group) is 1. The summed E-state index contributed by atoms with van der Waals surface area (Å²) >= 11 is 3.38. The zero-order valence-electron chi connectivity index (χ0n) is 12.4. The molecule has 0 unspecified atom stereocenters. The SMILES string of the molecule is CN(CCN1CCNCC1)CC(=O)Nc1ccc(Br)cc1. The molecule has 0 aliphatic carbocycles. The minimum atomic E-state index is 0.0279. The molecule has 2 N–H and O–H groups in total. The lowest BCUT2D eigenvalue weighted by atomic mass is 10.3. The largest absolute Gasteiger partial charge is 0.325 e. The molecule has 1 amide bonds. The number of halogens is 1. The minimum Gasteiger partial charge on any atom is -0.325 e. The Morgan fingerprint density at radius 3 is 2.67 bits per heavy atom. The molecule has 5 nitrogen and oxygen atoms in total. The minimum absolute atomic E-state index is 0.0279. The number of amides is 1. The molecule has 1 aromatic carbocycles. The van der Waals surface area contributed by atoms with Crippen molar-refractivity contribution in [3.8, 4) is 0 Å². The molecule has 2 rings (SSSR count). The Balaban J connectivity index is 1.67. The molecule has 1 saturated heterocycles. The lowest BCUT2D eigenvalue weighted by Gasteiger charge is -2.28. The van der Waals surface area contributed by atoms with Gasteiger partial charge >= 0.3 is 0 Å². The van der Waals surface area contributed by atoms with Crippen LogP contribution in [0.1, 0.15) is 0 Å². The molecule has 0 spiro atoms. The van der Waals surface area contributed by atoms with Crippen molar-refractivity contribution in [2.75, 3.05) is 58.2 Å². The van der Waals surface area contributed by atoms with Crippen molar-refractivity contribution in [1.29, 1.82) is 0 Å². The van der Waals surface area contributed by atoms with Crippen LogP contribution in [-0.4, -0.2) is 68.6 Å². The average molecular weight is 355 g/mol. The Kier molecular flexibility index (Phi) is 6.63. The van der Waals surface area contributed by atoms with Crippen LogP contribution in [0.4, 0.5) is 5.69 Å². The number of anilines is 1. The van der Waals surface area contributed by atoms with Crippen molar-refractivity contribution < 1.29 is 4.79 Å². The number of hydrogen-bond acceptors (Lipinski definition) is 4. The molecule has 21 heavy (non-hydrogen) atoms. The molecule has 0 aromatic heterocycles. The first kappa shape index (κ1) is 16.4. The maximum Gasteiger partial charge on any atom is 0.238 e. The first-order valence-corrected chi connectivity index (χ1v) is 8.10. The summed E-state index contributed by atoms with van der Waals surface area (Å²) in [6.45, 7) is 6.67. The van der Waals surface area contributed by atoms with Gasteiger partial charge in [-0.1, -0.05) is 15.9 Å². The van der Waals surface area contributed by atoms with Crippen molar-refractivity contribution in [2.45, 2.75) is 0 Å². The van der Waals surface area contributed by atoms with Crippen LogP contribution in [-0.2, 0) is 4.79 Å². The van der Waals surface area contributed by atoms with E-state index in [0.29, 0.717) is 6.54 Å². The fourth-order valence-corrected chi connectivity index (χ4v) is 2.57. The van der Waals surface area contributed by atoms with E-state index in [-0.39, 0.29) is 5.91 Å². The maximum atomic E-state index is 12.0. The molecule has 0 bridgehead atoms. The monoisotopic (exact) mass is 354 g/mol. The van der Waals surface area contributed by atoms with Gasteiger partial charge in [-0.15, -0.1) is 0 Å². The summed E-state index contributed by atoms with van der Waals surface area (Å²) in [5, 5.41) is 6.26. The highest BCUT2D eigenvalue weighted by Crippen LogP contribution is 2.13. The van der Waals surface area contributed by atoms with E-state index in [1.165, 1.54) is 0 Å². The van der Waals surface area contributed by atoms with Crippen LogP contribution < -0.4 is 10.6 Å². The van der Waals surface area contributed by atoms with E-state index in [1.54, 1.807) is 0 Å². The lowest BCUT2D eigenvalue weighted by molar-refractivity contribution is -0.117. The summed E-state index contributed by atoms with van der Waals surface area (Å²) in [6.07, 6.45) is 0. The first-order chi connectivity index (χ1) is 10.1. The van der Waals surface area contributed by atoms with Gasteiger partial charge < -0.3 is 10.6 Å². The quantitative estimate of drug-likeness (QED) is 0.806. The molecule has 1 heterocycles. The summed E-state index contributed by atoms with van der Waals surface area (Å²) in [5.41, 5.74) is 0.832. The fourth-order valence-electron chi connectivity index (χ4n) is 2.30. The summed E-state index contributed by atoms with van der Waals surface area (Å²) < 4.78 is 1.01. The van der Waals surface area contributed by atoms with Crippen molar-refractivity contribution in [1.82, 2.24) is 15.1 Å². The molecule has 116 valence electrons. The molecule has 6 heteroatoms. The Hall–Kier alpha value is -0.950. The number of hydrogen-bond donors (Lipinski definition) is 2. The highest BCUT2D eigenvalue weighted by Gasteiger charge is 2.11. The van der Waals surface area contributed by atoms with Gasteiger partial charge in [-0.2, -0.15) is 0 Å². The van der Waals surface area contributed by atoms with Crippen LogP contribution in [0.3, 0.4) is 0 Å². The molecule has 1 fully saturated rings. The van der Waals surface area contributed by atoms with Crippen molar-refractivity contribution in [2.24, 2.45) is 0 Å². The van der Waals surface area contributed by atoms with Crippen LogP contribution in [0.2, 0.25) is 0 Å². The number of rotatable bonds is 6. The van der Waals surface area contributed by atoms with E-state index in [0.717, 1.165) is 49.4 Å². The van der Waals surface area contributed by atoms with Gasteiger partial charge in [0, 0.05) is 49.4 Å². The van der Waals surface area contributed by atoms with Gasteiger partial charge in [0.05, 0.1) is 6.54 Å². The van der Waals surface area contributed by atoms with E-state index in [9.17, 15) is 4.79 Å². The fraction of sp³-hybridized carbons (Fsp3) is 0.533. The summed E-state index contributed by atoms with van der Waals surface area (Å²) in [5.74, 6) is 0.0279. The normalized spacial score (nSPS) is 16.1. The molecule has 1 aromatic rings. The Morgan fingerprint density at radius 2 is 2.00 bits per heavy atom. The Morgan fingerprint density at radius 1 is 1.33 bits per heavy atom. The third-order valence-electron chi connectivity index (χ3n) is 3.55. The summed E-state index contributed by atoms with van der Waals surface area (Å²) in [6, 6.07) is 7.62. The van der Waals surface area contributed by atoms with Gasteiger partial charge in [-0.05, 0) is 31.3 Å². The zero-order chi connectivity index (χ0) is 15.1. The summed E-state index contributed by atoms with van der Waals surface area (Å²) in [4.78, 5) is 16.5. The van der Waals surface area contributed by atoms with Gasteiger partial charge in [0.2, 0.25) is 5.91 Å². The smallest absolute Gasteiger partial charge is 0.238 e. The molecule has 0 atom stereocenters. The van der Waals surface area contributed by atoms with Gasteiger partial charge in [-0.25, -0.2) is 0 Å². The highest BCUT2D eigenvalue weighted by atomic mass is 79.9. The van der Waals surface area contributed by atoms with Crippen LogP contribution in [0.15, 0.2) is 28.7 Å². The van der Waals surface area contributed by atoms with Gasteiger partial charge in [0.25, 0.3) is 0 Å². The van der Waals surface area contributed by atoms with Crippen molar-refractivity contribution in [3.05, 3.63) is 28.7 Å². The lowest BCUT2D eigenvalue weighted by Crippen LogP contribution is -2.46. The van der Waals surface area contributed by atoms with Crippen LogP contribution in [0.25, 0.3) is 0 Å². The number of carbonyl (C=O) groups excluding carboxylic acids is 1. The van der Waals surface area contributed by atoms with Gasteiger partial charge in [0.15, 0.2) is 0 Å². The second-order valence-electron chi connectivity index (χ2n) is 5.38. The molecule has 0 saturated carbocycles. The second-order valence-corrected chi connectivity index (χ2v) is 6.30. The first-order valence-electron chi connectivity index (χ1n) is 7.30. The predicted molar refractivity (Wildman–Crippen MR) is 89.6 cm³/mol. The highest BCUT2D eigenvalue weighted by molar-refractivity contribution is 9.10. The second kappa shape index (κ2) is 8.48. The van der Waals surface area contributed by atoms with Gasteiger partial charge in [-0.3, -0.25) is 14.6 Å². The van der Waals surface area contributed by atoms with Crippen LogP contribution >= 0.6 is 15.9 Å². The van der Waals surface area contributed by atoms with E-state index in [4.69, 9.17) is 0 Å². The molecular formula is C15H23BrN4O. The molecule has 1 aliphatic rings. The summed E-state index contributed by atoms with van der Waals surface area (Å²) in [7, 11) is 1.99. The van der Waals surface area contributed by atoms with Crippen molar-refractivity contribution >= 4 is 27.5 Å². The van der Waals surface area contributed by atoms with E-state index in [1.807, 2.05) is 31.3 Å². The number of piperazine rings is 1. The topological polar surface area (TPSA) is 47.6 Å². The van der Waals surface area contributed by atoms with E-state index in [2.05, 4.69) is 36.4 Å². The Labute approximate surface area is 134 Å². The van der Waals surface area contributed by atoms with Crippen molar-refractivity contribution in [3.63, 3.8) is 0 Å². The Bertz CT molecular complexity index is 445. The predicted octanol–water partition coefficient (Wildman–Crippen LogP) is 1.22.